The van der Waals surface area contributed by atoms with E-state index in [9.17, 15) is 5.11 Å². The van der Waals surface area contributed by atoms with E-state index in [-0.39, 0.29) is 0 Å². The number of aliphatic hydroxyl groups excluding tert-OH is 1. The zero-order valence-electron chi connectivity index (χ0n) is 11.1. The van der Waals surface area contributed by atoms with Crippen LogP contribution in [0.25, 0.3) is 0 Å². The lowest BCUT2D eigenvalue weighted by Crippen LogP contribution is -2.06. The maximum Gasteiger partial charge on any atom is 0.0833 e. The van der Waals surface area contributed by atoms with E-state index in [1.807, 2.05) is 30.3 Å². The van der Waals surface area contributed by atoms with Crippen LogP contribution in [0.5, 0.6) is 0 Å². The highest BCUT2D eigenvalue weighted by Crippen LogP contribution is 2.27. The second-order valence-corrected chi connectivity index (χ2v) is 5.41. The minimum Gasteiger partial charge on any atom is -0.388 e. The number of methoxy groups -OCH3 is 1. The Kier molecular flexibility index (Phi) is 5.44. The van der Waals surface area contributed by atoms with Gasteiger partial charge in [-0.25, -0.2) is 0 Å². The van der Waals surface area contributed by atoms with Gasteiger partial charge in [0, 0.05) is 13.5 Å². The largest absolute Gasteiger partial charge is 0.388 e. The Bertz CT molecular complexity index is 584. The zero-order chi connectivity index (χ0) is 14.5. The number of hydrogen-bond donors (Lipinski definition) is 1. The number of rotatable bonds is 5. The second-order valence-electron chi connectivity index (χ2n) is 4.60. The van der Waals surface area contributed by atoms with E-state index in [0.29, 0.717) is 23.1 Å². The van der Waals surface area contributed by atoms with Crippen molar-refractivity contribution in [1.82, 2.24) is 0 Å². The van der Waals surface area contributed by atoms with Crippen molar-refractivity contribution in [3.05, 3.63) is 69.2 Å². The quantitative estimate of drug-likeness (QED) is 0.886. The van der Waals surface area contributed by atoms with Crippen LogP contribution in [-0.2, 0) is 17.8 Å². The van der Waals surface area contributed by atoms with Crippen molar-refractivity contribution < 1.29 is 9.84 Å². The summed E-state index contributed by atoms with van der Waals surface area (Å²) < 4.78 is 5.15. The van der Waals surface area contributed by atoms with Crippen molar-refractivity contribution >= 4 is 23.2 Å². The van der Waals surface area contributed by atoms with Gasteiger partial charge in [0.15, 0.2) is 0 Å². The lowest BCUT2D eigenvalue weighted by atomic mass is 9.97. The average Bonchev–Trinajstić information content (AvgIpc) is 2.44. The summed E-state index contributed by atoms with van der Waals surface area (Å²) in [6.45, 7) is 0.481. The fraction of sp³-hybridized carbons (Fsp3) is 0.250. The van der Waals surface area contributed by atoms with Crippen LogP contribution in [0.1, 0.15) is 22.8 Å². The van der Waals surface area contributed by atoms with Gasteiger partial charge in [-0.1, -0.05) is 53.5 Å². The Morgan fingerprint density at radius 2 is 1.85 bits per heavy atom. The summed E-state index contributed by atoms with van der Waals surface area (Å²) in [5, 5.41) is 11.4. The summed E-state index contributed by atoms with van der Waals surface area (Å²) in [5.74, 6) is 0. The molecule has 2 aromatic rings. The highest BCUT2D eigenvalue weighted by atomic mass is 35.5. The molecule has 4 heteroatoms. The van der Waals surface area contributed by atoms with E-state index in [1.165, 1.54) is 0 Å². The zero-order valence-corrected chi connectivity index (χ0v) is 12.7. The molecular formula is C16H16Cl2O2. The van der Waals surface area contributed by atoms with Crippen molar-refractivity contribution in [1.29, 1.82) is 0 Å². The Labute approximate surface area is 128 Å². The van der Waals surface area contributed by atoms with Crippen LogP contribution in [0.3, 0.4) is 0 Å². The van der Waals surface area contributed by atoms with E-state index in [2.05, 4.69) is 0 Å². The monoisotopic (exact) mass is 310 g/mol. The van der Waals surface area contributed by atoms with E-state index < -0.39 is 6.10 Å². The molecule has 0 spiro atoms. The van der Waals surface area contributed by atoms with Gasteiger partial charge in [0.1, 0.15) is 0 Å². The molecule has 0 amide bonds. The molecule has 2 aromatic carbocycles. The first-order valence-electron chi connectivity index (χ1n) is 6.30. The maximum atomic E-state index is 10.4. The fourth-order valence-electron chi connectivity index (χ4n) is 2.15. The molecule has 2 nitrogen and oxygen atoms in total. The Morgan fingerprint density at radius 1 is 1.10 bits per heavy atom. The number of aliphatic hydroxyl groups is 1. The molecule has 0 saturated carbocycles. The lowest BCUT2D eigenvalue weighted by Gasteiger charge is -2.15. The van der Waals surface area contributed by atoms with Crippen LogP contribution in [0.4, 0.5) is 0 Å². The smallest absolute Gasteiger partial charge is 0.0833 e. The first-order valence-corrected chi connectivity index (χ1v) is 7.06. The van der Waals surface area contributed by atoms with Gasteiger partial charge < -0.3 is 9.84 Å². The Hall–Kier alpha value is -1.06. The van der Waals surface area contributed by atoms with Gasteiger partial charge in [-0.05, 0) is 28.8 Å². The van der Waals surface area contributed by atoms with Crippen molar-refractivity contribution in [3.63, 3.8) is 0 Å². The number of ether oxygens (including phenoxy) is 1. The Balaban J connectivity index is 2.19. The molecule has 106 valence electrons. The topological polar surface area (TPSA) is 29.5 Å². The van der Waals surface area contributed by atoms with Crippen LogP contribution in [0.2, 0.25) is 10.0 Å². The predicted octanol–water partition coefficient (Wildman–Crippen LogP) is 4.42. The van der Waals surface area contributed by atoms with E-state index in [1.54, 1.807) is 19.2 Å². The first kappa shape index (κ1) is 15.3. The highest BCUT2D eigenvalue weighted by Gasteiger charge is 2.13. The molecule has 0 fully saturated rings. The van der Waals surface area contributed by atoms with Gasteiger partial charge >= 0.3 is 0 Å². The lowest BCUT2D eigenvalue weighted by molar-refractivity contribution is 0.161. The number of hydrogen-bond acceptors (Lipinski definition) is 2. The van der Waals surface area contributed by atoms with Gasteiger partial charge in [-0.2, -0.15) is 0 Å². The van der Waals surface area contributed by atoms with Gasteiger partial charge in [0.2, 0.25) is 0 Å². The first-order chi connectivity index (χ1) is 9.61. The summed E-state index contributed by atoms with van der Waals surface area (Å²) in [6.07, 6.45) is -0.115. The molecule has 0 aliphatic rings. The van der Waals surface area contributed by atoms with Crippen molar-refractivity contribution in [2.45, 2.75) is 19.1 Å². The van der Waals surface area contributed by atoms with Gasteiger partial charge in [0.25, 0.3) is 0 Å². The summed E-state index contributed by atoms with van der Waals surface area (Å²) >= 11 is 11.9. The summed E-state index contributed by atoms with van der Waals surface area (Å²) in [7, 11) is 1.64. The van der Waals surface area contributed by atoms with E-state index in [4.69, 9.17) is 27.9 Å². The molecule has 0 aliphatic heterocycles. The molecule has 2 rings (SSSR count). The van der Waals surface area contributed by atoms with E-state index >= 15 is 0 Å². The normalized spacial score (nSPS) is 12.4. The van der Waals surface area contributed by atoms with Gasteiger partial charge in [-0.15, -0.1) is 0 Å². The summed E-state index contributed by atoms with van der Waals surface area (Å²) in [5.41, 5.74) is 2.81. The molecule has 1 N–H and O–H groups in total. The predicted molar refractivity (Wildman–Crippen MR) is 82.3 cm³/mol. The minimum atomic E-state index is -0.599. The van der Waals surface area contributed by atoms with Crippen LogP contribution in [0, 0.1) is 0 Å². The number of halogens is 2. The molecule has 0 aliphatic carbocycles. The van der Waals surface area contributed by atoms with Crippen LogP contribution in [-0.4, -0.2) is 12.2 Å². The molecule has 1 atom stereocenters. The standard InChI is InChI=1S/C16H16Cl2O2/c1-20-10-12-4-2-3-5-13(12)16(19)9-11-6-7-14(17)15(18)8-11/h2-8,16,19H,9-10H2,1H3. The summed E-state index contributed by atoms with van der Waals surface area (Å²) in [4.78, 5) is 0. The molecule has 0 bridgehead atoms. The third-order valence-electron chi connectivity index (χ3n) is 3.13. The van der Waals surface area contributed by atoms with Crippen LogP contribution < -0.4 is 0 Å². The molecule has 1 unspecified atom stereocenters. The van der Waals surface area contributed by atoms with Crippen molar-refractivity contribution in [3.8, 4) is 0 Å². The van der Waals surface area contributed by atoms with Gasteiger partial charge in [-0.3, -0.25) is 0 Å². The van der Waals surface area contributed by atoms with Crippen LogP contribution >= 0.6 is 23.2 Å². The third-order valence-corrected chi connectivity index (χ3v) is 3.87. The minimum absolute atomic E-state index is 0.481. The average molecular weight is 311 g/mol. The van der Waals surface area contributed by atoms with Crippen molar-refractivity contribution in [2.75, 3.05) is 7.11 Å². The molecule has 0 radical (unpaired) electrons. The molecule has 0 saturated heterocycles. The fourth-order valence-corrected chi connectivity index (χ4v) is 2.47. The highest BCUT2D eigenvalue weighted by molar-refractivity contribution is 6.42. The third kappa shape index (κ3) is 3.74. The van der Waals surface area contributed by atoms with Crippen LogP contribution in [0.15, 0.2) is 42.5 Å². The maximum absolute atomic E-state index is 10.4. The molecule has 20 heavy (non-hydrogen) atoms. The molecule has 0 aromatic heterocycles. The number of benzene rings is 2. The van der Waals surface area contributed by atoms with Gasteiger partial charge in [0.05, 0.1) is 22.8 Å². The molecule has 0 heterocycles. The van der Waals surface area contributed by atoms with Crippen molar-refractivity contribution in [2.24, 2.45) is 0 Å². The second kappa shape index (κ2) is 7.09. The van der Waals surface area contributed by atoms with E-state index in [0.717, 1.165) is 16.7 Å². The Morgan fingerprint density at radius 3 is 2.55 bits per heavy atom. The molecular weight excluding hydrogens is 295 g/mol. The SMILES string of the molecule is COCc1ccccc1C(O)Cc1ccc(Cl)c(Cl)c1. The summed E-state index contributed by atoms with van der Waals surface area (Å²) in [6, 6.07) is 13.1.